The fourth-order valence-corrected chi connectivity index (χ4v) is 3.87. The molecule has 142 valence electrons. The van der Waals surface area contributed by atoms with Crippen molar-refractivity contribution in [1.29, 1.82) is 0 Å². The molecule has 2 aliphatic rings. The summed E-state index contributed by atoms with van der Waals surface area (Å²) in [6, 6.07) is 7.26. The van der Waals surface area contributed by atoms with Gasteiger partial charge in [0.1, 0.15) is 18.9 Å². The second-order valence-corrected chi connectivity index (χ2v) is 7.34. The fourth-order valence-electron chi connectivity index (χ4n) is 3.04. The summed E-state index contributed by atoms with van der Waals surface area (Å²) in [6.07, 6.45) is 6.32. The highest BCUT2D eigenvalue weighted by molar-refractivity contribution is 8.18. The molecule has 0 spiro atoms. The second-order valence-electron chi connectivity index (χ2n) is 6.35. The number of piperidine rings is 1. The van der Waals surface area contributed by atoms with Gasteiger partial charge in [-0.25, -0.2) is 0 Å². The van der Waals surface area contributed by atoms with Gasteiger partial charge in [0, 0.05) is 18.7 Å². The summed E-state index contributed by atoms with van der Waals surface area (Å²) in [5.74, 6) is -0.00422. The molecule has 2 heterocycles. The van der Waals surface area contributed by atoms with Crippen LogP contribution in [0.3, 0.4) is 0 Å². The van der Waals surface area contributed by atoms with Crippen LogP contribution >= 0.6 is 11.8 Å². The molecule has 3 amide bonds. The Balaban J connectivity index is 1.73. The van der Waals surface area contributed by atoms with Crippen LogP contribution in [0.4, 0.5) is 4.79 Å². The number of carbonyl (C=O) groups excluding carboxylic acids is 3. The maximum Gasteiger partial charge on any atom is 0.294 e. The molecule has 0 aliphatic carbocycles. The summed E-state index contributed by atoms with van der Waals surface area (Å²) in [5, 5.41) is -0.416. The zero-order valence-electron chi connectivity index (χ0n) is 15.1. The van der Waals surface area contributed by atoms with Crippen molar-refractivity contribution in [3.8, 4) is 5.75 Å². The summed E-state index contributed by atoms with van der Waals surface area (Å²) < 4.78 is 5.59. The van der Waals surface area contributed by atoms with Gasteiger partial charge in [-0.05, 0) is 43.2 Å². The Bertz CT molecular complexity index is 784. The molecule has 3 rings (SSSR count). The van der Waals surface area contributed by atoms with Crippen molar-refractivity contribution in [2.45, 2.75) is 19.3 Å². The lowest BCUT2D eigenvalue weighted by atomic mass is 10.1. The van der Waals surface area contributed by atoms with Crippen LogP contribution in [0.2, 0.25) is 0 Å². The monoisotopic (exact) mass is 386 g/mol. The Labute approximate surface area is 162 Å². The van der Waals surface area contributed by atoms with Crippen molar-refractivity contribution >= 4 is 34.9 Å². The van der Waals surface area contributed by atoms with E-state index >= 15 is 0 Å². The number of ether oxygens (including phenoxy) is 1. The zero-order valence-corrected chi connectivity index (χ0v) is 15.9. The third kappa shape index (κ3) is 4.60. The van der Waals surface area contributed by atoms with Crippen LogP contribution in [0.25, 0.3) is 6.08 Å². The molecule has 0 atom stereocenters. The first-order valence-electron chi connectivity index (χ1n) is 8.96. The minimum atomic E-state index is -0.436. The summed E-state index contributed by atoms with van der Waals surface area (Å²) >= 11 is 0.850. The number of thioether (sulfide) groups is 1. The van der Waals surface area contributed by atoms with E-state index in [1.54, 1.807) is 23.1 Å². The highest BCUT2D eigenvalue weighted by atomic mass is 32.2. The van der Waals surface area contributed by atoms with Crippen molar-refractivity contribution in [3.63, 3.8) is 0 Å². The van der Waals surface area contributed by atoms with Gasteiger partial charge in [0.05, 0.1) is 4.91 Å². The Morgan fingerprint density at radius 3 is 2.67 bits per heavy atom. The van der Waals surface area contributed by atoms with E-state index < -0.39 is 11.1 Å². The first-order chi connectivity index (χ1) is 13.1. The summed E-state index contributed by atoms with van der Waals surface area (Å²) in [5.41, 5.74) is 0.701. The molecule has 0 aromatic heterocycles. The lowest BCUT2D eigenvalue weighted by molar-refractivity contribution is -0.136. The minimum absolute atomic E-state index is 0.173. The Morgan fingerprint density at radius 1 is 1.19 bits per heavy atom. The van der Waals surface area contributed by atoms with E-state index in [-0.39, 0.29) is 12.5 Å². The number of para-hydroxylation sites is 1. The molecule has 0 N–H and O–H groups in total. The Kier molecular flexibility index (Phi) is 6.34. The van der Waals surface area contributed by atoms with Gasteiger partial charge in [0.2, 0.25) is 5.91 Å². The summed E-state index contributed by atoms with van der Waals surface area (Å²) in [6.45, 7) is 5.15. The molecule has 27 heavy (non-hydrogen) atoms. The number of nitrogens with zero attached hydrogens (tertiary/aromatic N) is 2. The van der Waals surface area contributed by atoms with E-state index in [2.05, 4.69) is 6.58 Å². The molecule has 6 nitrogen and oxygen atoms in total. The number of imide groups is 1. The van der Waals surface area contributed by atoms with Gasteiger partial charge in [-0.3, -0.25) is 19.3 Å². The maximum absolute atomic E-state index is 12.7. The maximum atomic E-state index is 12.7. The third-order valence-electron chi connectivity index (χ3n) is 4.44. The Hall–Kier alpha value is -2.54. The van der Waals surface area contributed by atoms with Crippen molar-refractivity contribution in [2.75, 3.05) is 26.2 Å². The number of amides is 3. The van der Waals surface area contributed by atoms with E-state index in [0.717, 1.165) is 35.9 Å². The first-order valence-corrected chi connectivity index (χ1v) is 9.77. The molecule has 7 heteroatoms. The molecular formula is C20H22N2O4S. The van der Waals surface area contributed by atoms with Gasteiger partial charge in [-0.1, -0.05) is 30.9 Å². The van der Waals surface area contributed by atoms with Gasteiger partial charge < -0.3 is 9.64 Å². The van der Waals surface area contributed by atoms with Crippen molar-refractivity contribution in [3.05, 3.63) is 47.4 Å². The molecule has 2 aliphatic heterocycles. The van der Waals surface area contributed by atoms with E-state index in [0.29, 0.717) is 35.9 Å². The highest BCUT2D eigenvalue weighted by Crippen LogP contribution is 2.34. The standard InChI is InChI=1S/C20H22N2O4S/c1-2-12-26-16-9-5-4-8-15(16)13-17-19(24)22(20(25)27-17)14-18(23)21-10-6-3-7-11-21/h2,4-5,8-9,13H,1,3,6-7,10-12,14H2/b17-13-. The number of carbonyl (C=O) groups is 3. The normalized spacial score (nSPS) is 18.9. The van der Waals surface area contributed by atoms with E-state index in [9.17, 15) is 14.4 Å². The number of hydrogen-bond acceptors (Lipinski definition) is 5. The average molecular weight is 386 g/mol. The van der Waals surface area contributed by atoms with Crippen molar-refractivity contribution in [2.24, 2.45) is 0 Å². The fraction of sp³-hybridized carbons (Fsp3) is 0.350. The SMILES string of the molecule is C=CCOc1ccccc1/C=C1\SC(=O)N(CC(=O)N2CCCCC2)C1=O. The van der Waals surface area contributed by atoms with Gasteiger partial charge in [0.25, 0.3) is 11.1 Å². The number of hydrogen-bond donors (Lipinski definition) is 0. The predicted molar refractivity (Wildman–Crippen MR) is 105 cm³/mol. The van der Waals surface area contributed by atoms with E-state index in [4.69, 9.17) is 4.74 Å². The second kappa shape index (κ2) is 8.90. The molecule has 2 fully saturated rings. The van der Waals surface area contributed by atoms with Crippen LogP contribution in [-0.2, 0) is 9.59 Å². The number of likely N-dealkylation sites (tertiary alicyclic amines) is 1. The van der Waals surface area contributed by atoms with Crippen LogP contribution in [0, 0.1) is 0 Å². The van der Waals surface area contributed by atoms with Crippen LogP contribution in [0.15, 0.2) is 41.8 Å². The van der Waals surface area contributed by atoms with Gasteiger partial charge >= 0.3 is 0 Å². The first kappa shape index (κ1) is 19.2. The van der Waals surface area contributed by atoms with Gasteiger partial charge in [0.15, 0.2) is 0 Å². The van der Waals surface area contributed by atoms with Crippen LogP contribution < -0.4 is 4.74 Å². The van der Waals surface area contributed by atoms with Crippen LogP contribution in [-0.4, -0.2) is 53.1 Å². The van der Waals surface area contributed by atoms with Crippen molar-refractivity contribution in [1.82, 2.24) is 9.80 Å². The largest absolute Gasteiger partial charge is 0.489 e. The van der Waals surface area contributed by atoms with Gasteiger partial charge in [-0.2, -0.15) is 0 Å². The lowest BCUT2D eigenvalue weighted by Gasteiger charge is -2.27. The molecule has 0 bridgehead atoms. The number of rotatable bonds is 6. The van der Waals surface area contributed by atoms with E-state index in [1.165, 1.54) is 0 Å². The molecule has 1 aromatic rings. The van der Waals surface area contributed by atoms with Crippen molar-refractivity contribution < 1.29 is 19.1 Å². The molecule has 0 unspecified atom stereocenters. The summed E-state index contributed by atoms with van der Waals surface area (Å²) in [7, 11) is 0. The third-order valence-corrected chi connectivity index (χ3v) is 5.35. The molecule has 1 aromatic carbocycles. The quantitative estimate of drug-likeness (QED) is 0.554. The van der Waals surface area contributed by atoms with Crippen LogP contribution in [0.5, 0.6) is 5.75 Å². The summed E-state index contributed by atoms with van der Waals surface area (Å²) in [4.78, 5) is 40.4. The topological polar surface area (TPSA) is 66.9 Å². The average Bonchev–Trinajstić information content (AvgIpc) is 2.95. The molecule has 2 saturated heterocycles. The smallest absolute Gasteiger partial charge is 0.294 e. The van der Waals surface area contributed by atoms with Crippen LogP contribution in [0.1, 0.15) is 24.8 Å². The molecule has 0 saturated carbocycles. The Morgan fingerprint density at radius 2 is 1.93 bits per heavy atom. The lowest BCUT2D eigenvalue weighted by Crippen LogP contribution is -2.44. The minimum Gasteiger partial charge on any atom is -0.489 e. The zero-order chi connectivity index (χ0) is 19.2. The molecule has 0 radical (unpaired) electrons. The molecular weight excluding hydrogens is 364 g/mol. The highest BCUT2D eigenvalue weighted by Gasteiger charge is 2.37. The number of benzene rings is 1. The van der Waals surface area contributed by atoms with Gasteiger partial charge in [-0.15, -0.1) is 0 Å². The predicted octanol–water partition coefficient (Wildman–Crippen LogP) is 3.30. The van der Waals surface area contributed by atoms with E-state index in [1.807, 2.05) is 18.2 Å².